The fraction of sp³-hybridized carbons (Fsp3) is 0.462. The van der Waals surface area contributed by atoms with E-state index in [-0.39, 0.29) is 11.7 Å². The van der Waals surface area contributed by atoms with Crippen LogP contribution in [0.1, 0.15) is 24.3 Å². The molecule has 3 heteroatoms. The number of carbonyl (C=O) groups excluding carboxylic acids is 1. The molecule has 16 heavy (non-hydrogen) atoms. The predicted octanol–water partition coefficient (Wildman–Crippen LogP) is 3.25. The standard InChI is InChI=1S/C13H15FOS/c14-12-5-3-10(4-6-12)13(8-15)11-2-1-7-16-9-11/h3-6,8,11,13H,1-2,7,9H2. The fourth-order valence-corrected chi connectivity index (χ4v) is 3.41. The van der Waals surface area contributed by atoms with Crippen molar-refractivity contribution < 1.29 is 9.18 Å². The summed E-state index contributed by atoms with van der Waals surface area (Å²) in [6.45, 7) is 0. The zero-order valence-electron chi connectivity index (χ0n) is 9.06. The minimum absolute atomic E-state index is 0.0617. The van der Waals surface area contributed by atoms with Crippen molar-refractivity contribution in [3.05, 3.63) is 35.6 Å². The van der Waals surface area contributed by atoms with Gasteiger partial charge in [0.05, 0.1) is 0 Å². The molecule has 1 fully saturated rings. The van der Waals surface area contributed by atoms with E-state index in [2.05, 4.69) is 0 Å². The quantitative estimate of drug-likeness (QED) is 0.752. The zero-order valence-corrected chi connectivity index (χ0v) is 9.88. The number of rotatable bonds is 3. The predicted molar refractivity (Wildman–Crippen MR) is 65.3 cm³/mol. The zero-order chi connectivity index (χ0) is 11.4. The fourth-order valence-electron chi connectivity index (χ4n) is 2.20. The molecule has 0 N–H and O–H groups in total. The molecule has 0 amide bonds. The monoisotopic (exact) mass is 238 g/mol. The van der Waals surface area contributed by atoms with Gasteiger partial charge in [-0.15, -0.1) is 0 Å². The van der Waals surface area contributed by atoms with Crippen molar-refractivity contribution in [1.29, 1.82) is 0 Å². The topological polar surface area (TPSA) is 17.1 Å². The average molecular weight is 238 g/mol. The van der Waals surface area contributed by atoms with E-state index in [9.17, 15) is 9.18 Å². The molecule has 1 aliphatic heterocycles. The molecule has 0 aliphatic carbocycles. The molecular formula is C13H15FOS. The molecule has 0 aromatic heterocycles. The summed E-state index contributed by atoms with van der Waals surface area (Å²) in [6, 6.07) is 6.32. The first-order chi connectivity index (χ1) is 7.81. The Hall–Kier alpha value is -0.830. The summed E-state index contributed by atoms with van der Waals surface area (Å²) in [4.78, 5) is 11.2. The van der Waals surface area contributed by atoms with Gasteiger partial charge in [-0.3, -0.25) is 0 Å². The molecule has 1 nitrogen and oxygen atoms in total. The molecular weight excluding hydrogens is 223 g/mol. The second kappa shape index (κ2) is 5.48. The van der Waals surface area contributed by atoms with Gasteiger partial charge in [0.2, 0.25) is 0 Å². The van der Waals surface area contributed by atoms with Crippen molar-refractivity contribution in [2.24, 2.45) is 5.92 Å². The lowest BCUT2D eigenvalue weighted by Crippen LogP contribution is -2.20. The van der Waals surface area contributed by atoms with Gasteiger partial charge in [0, 0.05) is 5.92 Å². The number of hydrogen-bond donors (Lipinski definition) is 0. The first kappa shape index (κ1) is 11.6. The molecule has 1 saturated heterocycles. The highest BCUT2D eigenvalue weighted by Crippen LogP contribution is 2.33. The molecule has 2 atom stereocenters. The van der Waals surface area contributed by atoms with Gasteiger partial charge in [-0.1, -0.05) is 12.1 Å². The summed E-state index contributed by atoms with van der Waals surface area (Å²) in [5, 5.41) is 0. The number of hydrogen-bond acceptors (Lipinski definition) is 2. The van der Waals surface area contributed by atoms with E-state index in [1.807, 2.05) is 11.8 Å². The highest BCUT2D eigenvalue weighted by molar-refractivity contribution is 7.99. The van der Waals surface area contributed by atoms with E-state index in [0.717, 1.165) is 24.0 Å². The highest BCUT2D eigenvalue weighted by Gasteiger charge is 2.24. The van der Waals surface area contributed by atoms with E-state index in [0.29, 0.717) is 5.92 Å². The average Bonchev–Trinajstić information content (AvgIpc) is 2.34. The van der Waals surface area contributed by atoms with Gasteiger partial charge >= 0.3 is 0 Å². The lowest BCUT2D eigenvalue weighted by molar-refractivity contribution is -0.110. The van der Waals surface area contributed by atoms with Crippen molar-refractivity contribution >= 4 is 18.0 Å². The number of aldehydes is 1. The summed E-state index contributed by atoms with van der Waals surface area (Å²) in [7, 11) is 0. The Bertz CT molecular complexity index is 343. The lowest BCUT2D eigenvalue weighted by atomic mass is 9.85. The maximum absolute atomic E-state index is 12.8. The van der Waals surface area contributed by atoms with Crippen LogP contribution in [0.3, 0.4) is 0 Å². The van der Waals surface area contributed by atoms with Crippen LogP contribution in [0.4, 0.5) is 4.39 Å². The highest BCUT2D eigenvalue weighted by atomic mass is 32.2. The van der Waals surface area contributed by atoms with E-state index in [1.165, 1.54) is 24.3 Å². The van der Waals surface area contributed by atoms with Crippen molar-refractivity contribution in [3.8, 4) is 0 Å². The Morgan fingerprint density at radius 3 is 2.69 bits per heavy atom. The van der Waals surface area contributed by atoms with Crippen LogP contribution >= 0.6 is 11.8 Å². The first-order valence-corrected chi connectivity index (χ1v) is 6.75. The molecule has 1 aromatic rings. The van der Waals surface area contributed by atoms with Crippen LogP contribution in [0.15, 0.2) is 24.3 Å². The number of halogens is 1. The third kappa shape index (κ3) is 2.64. The van der Waals surface area contributed by atoms with Crippen molar-refractivity contribution in [2.75, 3.05) is 11.5 Å². The minimum atomic E-state index is -0.244. The summed E-state index contributed by atoms with van der Waals surface area (Å²) in [5.41, 5.74) is 0.948. The molecule has 2 rings (SSSR count). The van der Waals surface area contributed by atoms with Crippen LogP contribution < -0.4 is 0 Å². The normalized spacial score (nSPS) is 22.7. The van der Waals surface area contributed by atoms with E-state index < -0.39 is 0 Å². The molecule has 0 saturated carbocycles. The van der Waals surface area contributed by atoms with Crippen molar-refractivity contribution in [1.82, 2.24) is 0 Å². The van der Waals surface area contributed by atoms with Crippen LogP contribution in [0, 0.1) is 11.7 Å². The molecule has 1 aliphatic rings. The maximum Gasteiger partial charge on any atom is 0.127 e. The smallest absolute Gasteiger partial charge is 0.127 e. The van der Waals surface area contributed by atoms with Crippen LogP contribution in [0.25, 0.3) is 0 Å². The van der Waals surface area contributed by atoms with E-state index in [4.69, 9.17) is 0 Å². The Balaban J connectivity index is 2.14. The molecule has 0 spiro atoms. The summed E-state index contributed by atoms with van der Waals surface area (Å²) in [6.07, 6.45) is 3.30. The molecule has 2 unspecified atom stereocenters. The van der Waals surface area contributed by atoms with Crippen LogP contribution in [0.5, 0.6) is 0 Å². The third-order valence-electron chi connectivity index (χ3n) is 3.10. The molecule has 1 aromatic carbocycles. The van der Waals surface area contributed by atoms with Gasteiger partial charge in [0.25, 0.3) is 0 Å². The van der Waals surface area contributed by atoms with Gasteiger partial charge < -0.3 is 4.79 Å². The molecule has 1 heterocycles. The largest absolute Gasteiger partial charge is 0.303 e. The first-order valence-electron chi connectivity index (χ1n) is 5.60. The maximum atomic E-state index is 12.8. The van der Waals surface area contributed by atoms with Crippen LogP contribution in [-0.2, 0) is 4.79 Å². The van der Waals surface area contributed by atoms with Gasteiger partial charge in [0.15, 0.2) is 0 Å². The van der Waals surface area contributed by atoms with Gasteiger partial charge in [0.1, 0.15) is 12.1 Å². The van der Waals surface area contributed by atoms with Crippen molar-refractivity contribution in [3.63, 3.8) is 0 Å². The molecule has 0 radical (unpaired) electrons. The SMILES string of the molecule is O=CC(c1ccc(F)cc1)C1CCCSC1. The minimum Gasteiger partial charge on any atom is -0.303 e. The number of benzene rings is 1. The number of carbonyl (C=O) groups is 1. The van der Waals surface area contributed by atoms with Crippen LogP contribution in [0.2, 0.25) is 0 Å². The van der Waals surface area contributed by atoms with Crippen molar-refractivity contribution in [2.45, 2.75) is 18.8 Å². The Labute approximate surface area is 99.4 Å². The summed E-state index contributed by atoms with van der Waals surface area (Å²) < 4.78 is 12.8. The summed E-state index contributed by atoms with van der Waals surface area (Å²) in [5.74, 6) is 2.35. The second-order valence-electron chi connectivity index (χ2n) is 4.19. The Morgan fingerprint density at radius 2 is 2.12 bits per heavy atom. The summed E-state index contributed by atoms with van der Waals surface area (Å²) >= 11 is 1.91. The second-order valence-corrected chi connectivity index (χ2v) is 5.34. The molecule has 86 valence electrons. The van der Waals surface area contributed by atoms with Crippen LogP contribution in [-0.4, -0.2) is 17.8 Å². The lowest BCUT2D eigenvalue weighted by Gasteiger charge is -2.26. The third-order valence-corrected chi connectivity index (χ3v) is 4.35. The van der Waals surface area contributed by atoms with Gasteiger partial charge in [-0.05, 0) is 48.0 Å². The van der Waals surface area contributed by atoms with E-state index in [1.54, 1.807) is 12.1 Å². The van der Waals surface area contributed by atoms with Gasteiger partial charge in [-0.25, -0.2) is 4.39 Å². The number of thioether (sulfide) groups is 1. The Kier molecular flexibility index (Phi) is 3.99. The molecule has 0 bridgehead atoms. The van der Waals surface area contributed by atoms with Gasteiger partial charge in [-0.2, -0.15) is 11.8 Å². The van der Waals surface area contributed by atoms with E-state index >= 15 is 0 Å². The Morgan fingerprint density at radius 1 is 1.38 bits per heavy atom.